The van der Waals surface area contributed by atoms with Crippen LogP contribution in [0.1, 0.15) is 27.2 Å². The number of anilines is 1. The second-order valence-corrected chi connectivity index (χ2v) is 7.33. The summed E-state index contributed by atoms with van der Waals surface area (Å²) < 4.78 is 22.7. The summed E-state index contributed by atoms with van der Waals surface area (Å²) in [5.41, 5.74) is 0.0144. The van der Waals surface area contributed by atoms with Gasteiger partial charge in [-0.3, -0.25) is 0 Å². The third kappa shape index (κ3) is 4.51. The summed E-state index contributed by atoms with van der Waals surface area (Å²) in [4.78, 5) is 0.298. The van der Waals surface area contributed by atoms with Gasteiger partial charge in [0.1, 0.15) is 0 Å². The molecule has 0 bridgehead atoms. The van der Waals surface area contributed by atoms with Gasteiger partial charge in [0.05, 0.1) is 10.5 Å². The van der Waals surface area contributed by atoms with Crippen molar-refractivity contribution in [3.63, 3.8) is 0 Å². The molecule has 0 amide bonds. The molecule has 0 aliphatic heterocycles. The first-order valence-electron chi connectivity index (χ1n) is 6.43. The minimum atomic E-state index is -3.16. The molecular formula is C14H23NO3S. The van der Waals surface area contributed by atoms with Crippen molar-refractivity contribution < 1.29 is 13.5 Å². The maximum atomic E-state index is 11.3. The maximum Gasteiger partial charge on any atom is 0.175 e. The van der Waals surface area contributed by atoms with Crippen LogP contribution in [0, 0.1) is 5.92 Å². The predicted molar refractivity (Wildman–Crippen MR) is 78.1 cm³/mol. The standard InChI is InChI=1S/C14H23NO3S/c1-5-11(2)14(3,16)10-15-12-6-8-13(9-7-12)19(4,17)18/h6-9,11,15-16H,5,10H2,1-4H3/t11-,14+/m0/s1. The van der Waals surface area contributed by atoms with Crippen molar-refractivity contribution in [1.82, 2.24) is 0 Å². The second kappa shape index (κ2) is 5.92. The number of hydrogen-bond acceptors (Lipinski definition) is 4. The molecule has 0 saturated carbocycles. The minimum absolute atomic E-state index is 0.190. The van der Waals surface area contributed by atoms with E-state index in [1.165, 1.54) is 6.26 Å². The zero-order chi connectivity index (χ0) is 14.7. The summed E-state index contributed by atoms with van der Waals surface area (Å²) in [6, 6.07) is 6.55. The summed E-state index contributed by atoms with van der Waals surface area (Å²) >= 11 is 0. The zero-order valence-electron chi connectivity index (χ0n) is 12.0. The van der Waals surface area contributed by atoms with Gasteiger partial charge in [0.2, 0.25) is 0 Å². The van der Waals surface area contributed by atoms with Gasteiger partial charge in [-0.2, -0.15) is 0 Å². The molecule has 0 aliphatic carbocycles. The van der Waals surface area contributed by atoms with E-state index >= 15 is 0 Å². The molecule has 4 nitrogen and oxygen atoms in total. The van der Waals surface area contributed by atoms with Gasteiger partial charge in [0.15, 0.2) is 9.84 Å². The van der Waals surface area contributed by atoms with Crippen LogP contribution in [0.15, 0.2) is 29.2 Å². The molecule has 0 fully saturated rings. The van der Waals surface area contributed by atoms with Crippen LogP contribution in [0.2, 0.25) is 0 Å². The van der Waals surface area contributed by atoms with Gasteiger partial charge in [0.25, 0.3) is 0 Å². The molecule has 0 heterocycles. The molecule has 2 N–H and O–H groups in total. The monoisotopic (exact) mass is 285 g/mol. The van der Waals surface area contributed by atoms with Crippen molar-refractivity contribution in [3.05, 3.63) is 24.3 Å². The van der Waals surface area contributed by atoms with Crippen molar-refractivity contribution in [3.8, 4) is 0 Å². The van der Waals surface area contributed by atoms with Crippen LogP contribution in [-0.4, -0.2) is 31.9 Å². The minimum Gasteiger partial charge on any atom is -0.388 e. The lowest BCUT2D eigenvalue weighted by Gasteiger charge is -2.30. The molecule has 1 rings (SSSR count). The smallest absolute Gasteiger partial charge is 0.175 e. The van der Waals surface area contributed by atoms with Gasteiger partial charge in [-0.15, -0.1) is 0 Å². The Hall–Kier alpha value is -1.07. The maximum absolute atomic E-state index is 11.3. The molecular weight excluding hydrogens is 262 g/mol. The Kier molecular flexibility index (Phi) is 4.98. The largest absolute Gasteiger partial charge is 0.388 e. The Bertz CT molecular complexity index is 506. The molecule has 19 heavy (non-hydrogen) atoms. The zero-order valence-corrected chi connectivity index (χ0v) is 12.8. The van der Waals surface area contributed by atoms with E-state index in [-0.39, 0.29) is 5.92 Å². The third-order valence-electron chi connectivity index (χ3n) is 3.61. The van der Waals surface area contributed by atoms with E-state index in [9.17, 15) is 13.5 Å². The first kappa shape index (κ1) is 16.0. The normalized spacial score (nSPS) is 16.7. The third-order valence-corrected chi connectivity index (χ3v) is 4.74. The average Bonchev–Trinajstić information content (AvgIpc) is 2.35. The first-order chi connectivity index (χ1) is 8.66. The predicted octanol–water partition coefficient (Wildman–Crippen LogP) is 2.30. The van der Waals surface area contributed by atoms with E-state index in [2.05, 4.69) is 5.32 Å². The lowest BCUT2D eigenvalue weighted by Crippen LogP contribution is -2.39. The number of aliphatic hydroxyl groups is 1. The van der Waals surface area contributed by atoms with Crippen molar-refractivity contribution in [2.75, 3.05) is 18.1 Å². The fraction of sp³-hybridized carbons (Fsp3) is 0.571. The lowest BCUT2D eigenvalue weighted by molar-refractivity contribution is 0.0176. The van der Waals surface area contributed by atoms with Crippen LogP contribution in [0.5, 0.6) is 0 Å². The summed E-state index contributed by atoms with van der Waals surface area (Å²) in [7, 11) is -3.16. The van der Waals surface area contributed by atoms with Gasteiger partial charge in [0, 0.05) is 18.5 Å². The second-order valence-electron chi connectivity index (χ2n) is 5.32. The highest BCUT2D eigenvalue weighted by Gasteiger charge is 2.26. The summed E-state index contributed by atoms with van der Waals surface area (Å²) in [5, 5.41) is 13.4. The highest BCUT2D eigenvalue weighted by Crippen LogP contribution is 2.21. The Labute approximate surface area is 115 Å². The van der Waals surface area contributed by atoms with Crippen molar-refractivity contribution >= 4 is 15.5 Å². The molecule has 1 aromatic rings. The van der Waals surface area contributed by atoms with Gasteiger partial charge in [-0.05, 0) is 37.1 Å². The Balaban J connectivity index is 2.70. The summed E-state index contributed by atoms with van der Waals surface area (Å²) in [6.07, 6.45) is 2.09. The van der Waals surface area contributed by atoms with Crippen molar-refractivity contribution in [1.29, 1.82) is 0 Å². The van der Waals surface area contributed by atoms with Crippen LogP contribution in [0.25, 0.3) is 0 Å². The van der Waals surface area contributed by atoms with Crippen LogP contribution in [0.4, 0.5) is 5.69 Å². The Morgan fingerprint density at radius 1 is 1.32 bits per heavy atom. The summed E-state index contributed by atoms with van der Waals surface area (Å²) in [6.45, 7) is 6.29. The van der Waals surface area contributed by atoms with Crippen LogP contribution < -0.4 is 5.32 Å². The van der Waals surface area contributed by atoms with Crippen LogP contribution in [-0.2, 0) is 9.84 Å². The van der Waals surface area contributed by atoms with Crippen LogP contribution >= 0.6 is 0 Å². The average molecular weight is 285 g/mol. The van der Waals surface area contributed by atoms with Gasteiger partial charge < -0.3 is 10.4 Å². The van der Waals surface area contributed by atoms with Gasteiger partial charge in [-0.1, -0.05) is 20.3 Å². The SMILES string of the molecule is CC[C@H](C)[C@](C)(O)CNc1ccc(S(C)(=O)=O)cc1. The molecule has 5 heteroatoms. The molecule has 2 atom stereocenters. The number of benzene rings is 1. The number of rotatable bonds is 6. The Morgan fingerprint density at radius 3 is 2.26 bits per heavy atom. The van der Waals surface area contributed by atoms with Gasteiger partial charge >= 0.3 is 0 Å². The molecule has 108 valence electrons. The number of sulfone groups is 1. The summed E-state index contributed by atoms with van der Waals surface area (Å²) in [5.74, 6) is 0.190. The quantitative estimate of drug-likeness (QED) is 0.841. The van der Waals surface area contributed by atoms with E-state index in [1.807, 2.05) is 13.8 Å². The van der Waals surface area contributed by atoms with E-state index < -0.39 is 15.4 Å². The topological polar surface area (TPSA) is 66.4 Å². The molecule has 1 aromatic carbocycles. The van der Waals surface area contributed by atoms with E-state index in [4.69, 9.17) is 0 Å². The molecule has 0 unspecified atom stereocenters. The highest BCUT2D eigenvalue weighted by molar-refractivity contribution is 7.90. The Morgan fingerprint density at radius 2 is 1.84 bits per heavy atom. The van der Waals surface area contributed by atoms with Crippen molar-refractivity contribution in [2.24, 2.45) is 5.92 Å². The first-order valence-corrected chi connectivity index (χ1v) is 8.32. The van der Waals surface area contributed by atoms with E-state index in [0.29, 0.717) is 11.4 Å². The fourth-order valence-electron chi connectivity index (χ4n) is 1.71. The van der Waals surface area contributed by atoms with Crippen LogP contribution in [0.3, 0.4) is 0 Å². The fourth-order valence-corrected chi connectivity index (χ4v) is 2.35. The highest BCUT2D eigenvalue weighted by atomic mass is 32.2. The number of nitrogens with one attached hydrogen (secondary N) is 1. The van der Waals surface area contributed by atoms with E-state index in [1.54, 1.807) is 31.2 Å². The number of hydrogen-bond donors (Lipinski definition) is 2. The van der Waals surface area contributed by atoms with Crippen molar-refractivity contribution in [2.45, 2.75) is 37.7 Å². The molecule has 0 aliphatic rings. The molecule has 0 saturated heterocycles. The molecule has 0 aromatic heterocycles. The lowest BCUT2D eigenvalue weighted by atomic mass is 9.88. The van der Waals surface area contributed by atoms with Gasteiger partial charge in [-0.25, -0.2) is 8.42 Å². The van der Waals surface area contributed by atoms with E-state index in [0.717, 1.165) is 12.1 Å². The molecule has 0 radical (unpaired) electrons. The molecule has 0 spiro atoms.